The van der Waals surface area contributed by atoms with Gasteiger partial charge in [-0.3, -0.25) is 0 Å². The predicted octanol–water partition coefficient (Wildman–Crippen LogP) is 7.76. The van der Waals surface area contributed by atoms with Crippen molar-refractivity contribution in [2.24, 2.45) is 0 Å². The average Bonchev–Trinajstić information content (AvgIpc) is 2.72. The summed E-state index contributed by atoms with van der Waals surface area (Å²) in [4.78, 5) is 0. The lowest BCUT2D eigenvalue weighted by molar-refractivity contribution is 0.281. The molecule has 0 amide bonds. The maximum absolute atomic E-state index is 3.90. The van der Waals surface area contributed by atoms with Crippen molar-refractivity contribution in [3.05, 3.63) is 0 Å². The van der Waals surface area contributed by atoms with E-state index in [1.165, 1.54) is 142 Å². The molecule has 0 saturated heterocycles. The van der Waals surface area contributed by atoms with E-state index in [-0.39, 0.29) is 0 Å². The summed E-state index contributed by atoms with van der Waals surface area (Å²) in [6, 6.07) is 1.46. The standard InChI is InChI=1S/C26H54N2/c1-3-5-7-9-11-13-15-19-23-27-25-21-17-18-22-26(25)28-24-20-16-14-12-10-8-6-4-2/h25-28H,3-24H2,1-2H3/t25-,26-/m1/s1. The summed E-state index contributed by atoms with van der Waals surface area (Å²) in [5.74, 6) is 0. The molecule has 0 aliphatic heterocycles. The van der Waals surface area contributed by atoms with Crippen molar-refractivity contribution in [2.45, 2.75) is 154 Å². The smallest absolute Gasteiger partial charge is 0.0221 e. The third kappa shape index (κ3) is 14.9. The molecule has 1 aliphatic carbocycles. The fourth-order valence-corrected chi connectivity index (χ4v) is 4.71. The summed E-state index contributed by atoms with van der Waals surface area (Å²) < 4.78 is 0. The lowest BCUT2D eigenvalue weighted by Gasteiger charge is -2.33. The van der Waals surface area contributed by atoms with Gasteiger partial charge >= 0.3 is 0 Å². The predicted molar refractivity (Wildman–Crippen MR) is 127 cm³/mol. The minimum atomic E-state index is 0.729. The first-order valence-electron chi connectivity index (χ1n) is 13.3. The van der Waals surface area contributed by atoms with E-state index in [2.05, 4.69) is 24.5 Å². The Kier molecular flexibility index (Phi) is 18.7. The number of nitrogens with one attached hydrogen (secondary N) is 2. The summed E-state index contributed by atoms with van der Waals surface area (Å²) in [6.45, 7) is 7.06. The second-order valence-electron chi connectivity index (χ2n) is 9.36. The number of hydrogen-bond acceptors (Lipinski definition) is 2. The van der Waals surface area contributed by atoms with Crippen molar-refractivity contribution in [1.82, 2.24) is 10.6 Å². The molecule has 0 unspecified atom stereocenters. The molecule has 0 spiro atoms. The zero-order valence-corrected chi connectivity index (χ0v) is 19.7. The lowest BCUT2D eigenvalue weighted by atomic mass is 9.90. The minimum Gasteiger partial charge on any atom is -0.312 e. The highest BCUT2D eigenvalue weighted by Crippen LogP contribution is 2.19. The van der Waals surface area contributed by atoms with Crippen LogP contribution in [-0.2, 0) is 0 Å². The van der Waals surface area contributed by atoms with Crippen LogP contribution in [0.15, 0.2) is 0 Å². The Morgan fingerprint density at radius 1 is 0.464 bits per heavy atom. The van der Waals surface area contributed by atoms with Crippen LogP contribution in [0, 0.1) is 0 Å². The van der Waals surface area contributed by atoms with Crippen molar-refractivity contribution in [2.75, 3.05) is 13.1 Å². The maximum Gasteiger partial charge on any atom is 0.0221 e. The van der Waals surface area contributed by atoms with Crippen LogP contribution < -0.4 is 10.6 Å². The first-order valence-corrected chi connectivity index (χ1v) is 13.3. The fourth-order valence-electron chi connectivity index (χ4n) is 4.71. The van der Waals surface area contributed by atoms with E-state index in [9.17, 15) is 0 Å². The molecular formula is C26H54N2. The van der Waals surface area contributed by atoms with E-state index in [1.807, 2.05) is 0 Å². The summed E-state index contributed by atoms with van der Waals surface area (Å²) in [7, 11) is 0. The molecule has 0 radical (unpaired) electrons. The van der Waals surface area contributed by atoms with Crippen molar-refractivity contribution >= 4 is 0 Å². The van der Waals surface area contributed by atoms with Gasteiger partial charge in [-0.2, -0.15) is 0 Å². The molecule has 0 aromatic rings. The molecule has 0 aromatic carbocycles. The van der Waals surface area contributed by atoms with Gasteiger partial charge in [0.05, 0.1) is 0 Å². The lowest BCUT2D eigenvalue weighted by Crippen LogP contribution is -2.50. The number of hydrogen-bond donors (Lipinski definition) is 2. The summed E-state index contributed by atoms with van der Waals surface area (Å²) in [6.07, 6.45) is 28.3. The van der Waals surface area contributed by atoms with E-state index in [0.29, 0.717) is 0 Å². The van der Waals surface area contributed by atoms with Gasteiger partial charge in [-0.15, -0.1) is 0 Å². The quantitative estimate of drug-likeness (QED) is 0.206. The van der Waals surface area contributed by atoms with Crippen LogP contribution in [0.1, 0.15) is 142 Å². The van der Waals surface area contributed by atoms with Crippen LogP contribution in [-0.4, -0.2) is 25.2 Å². The molecule has 0 heterocycles. The van der Waals surface area contributed by atoms with Gasteiger partial charge in [-0.1, -0.05) is 117 Å². The molecule has 1 fully saturated rings. The van der Waals surface area contributed by atoms with Crippen LogP contribution in [0.5, 0.6) is 0 Å². The molecule has 168 valence electrons. The molecule has 2 N–H and O–H groups in total. The van der Waals surface area contributed by atoms with Crippen LogP contribution in [0.3, 0.4) is 0 Å². The zero-order valence-electron chi connectivity index (χ0n) is 19.7. The van der Waals surface area contributed by atoms with Crippen LogP contribution >= 0.6 is 0 Å². The van der Waals surface area contributed by atoms with Gasteiger partial charge in [0, 0.05) is 12.1 Å². The van der Waals surface area contributed by atoms with Crippen molar-refractivity contribution in [3.63, 3.8) is 0 Å². The Labute approximate surface area is 178 Å². The number of rotatable bonds is 20. The molecule has 28 heavy (non-hydrogen) atoms. The van der Waals surface area contributed by atoms with E-state index in [1.54, 1.807) is 0 Å². The Balaban J connectivity index is 1.96. The fraction of sp³-hybridized carbons (Fsp3) is 1.00. The van der Waals surface area contributed by atoms with Gasteiger partial charge in [0.2, 0.25) is 0 Å². The number of unbranched alkanes of at least 4 members (excludes halogenated alkanes) is 14. The van der Waals surface area contributed by atoms with Gasteiger partial charge < -0.3 is 10.6 Å². The Morgan fingerprint density at radius 2 is 0.786 bits per heavy atom. The van der Waals surface area contributed by atoms with Crippen molar-refractivity contribution < 1.29 is 0 Å². The van der Waals surface area contributed by atoms with E-state index < -0.39 is 0 Å². The van der Waals surface area contributed by atoms with Crippen molar-refractivity contribution in [1.29, 1.82) is 0 Å². The molecule has 0 aromatic heterocycles. The summed E-state index contributed by atoms with van der Waals surface area (Å²) >= 11 is 0. The van der Waals surface area contributed by atoms with E-state index in [4.69, 9.17) is 0 Å². The third-order valence-corrected chi connectivity index (χ3v) is 6.64. The largest absolute Gasteiger partial charge is 0.312 e. The Bertz CT molecular complexity index is 275. The normalized spacial score (nSPS) is 19.9. The highest BCUT2D eigenvalue weighted by molar-refractivity contribution is 4.86. The van der Waals surface area contributed by atoms with Gasteiger partial charge in [0.25, 0.3) is 0 Å². The van der Waals surface area contributed by atoms with Gasteiger partial charge in [-0.25, -0.2) is 0 Å². The maximum atomic E-state index is 3.90. The molecular weight excluding hydrogens is 340 g/mol. The highest BCUT2D eigenvalue weighted by Gasteiger charge is 2.23. The van der Waals surface area contributed by atoms with Gasteiger partial charge in [0.15, 0.2) is 0 Å². The molecule has 1 aliphatic rings. The first-order chi connectivity index (χ1) is 13.9. The van der Waals surface area contributed by atoms with Gasteiger partial charge in [0.1, 0.15) is 0 Å². The molecule has 0 bridgehead atoms. The Hall–Kier alpha value is -0.0800. The first kappa shape index (κ1) is 26.0. The molecule has 1 rings (SSSR count). The molecule has 1 saturated carbocycles. The molecule has 2 heteroatoms. The van der Waals surface area contributed by atoms with E-state index in [0.717, 1.165) is 12.1 Å². The van der Waals surface area contributed by atoms with Gasteiger partial charge in [-0.05, 0) is 38.8 Å². The second kappa shape index (κ2) is 20.2. The zero-order chi connectivity index (χ0) is 20.1. The second-order valence-corrected chi connectivity index (χ2v) is 9.36. The minimum absolute atomic E-state index is 0.729. The molecule has 2 atom stereocenters. The summed E-state index contributed by atoms with van der Waals surface area (Å²) in [5.41, 5.74) is 0. The average molecular weight is 395 g/mol. The summed E-state index contributed by atoms with van der Waals surface area (Å²) in [5, 5.41) is 7.80. The van der Waals surface area contributed by atoms with Crippen LogP contribution in [0.4, 0.5) is 0 Å². The molecule has 2 nitrogen and oxygen atoms in total. The third-order valence-electron chi connectivity index (χ3n) is 6.64. The highest BCUT2D eigenvalue weighted by atomic mass is 15.0. The van der Waals surface area contributed by atoms with E-state index >= 15 is 0 Å². The monoisotopic (exact) mass is 394 g/mol. The Morgan fingerprint density at radius 3 is 1.14 bits per heavy atom. The van der Waals surface area contributed by atoms with Crippen LogP contribution in [0.25, 0.3) is 0 Å². The van der Waals surface area contributed by atoms with Crippen molar-refractivity contribution in [3.8, 4) is 0 Å². The topological polar surface area (TPSA) is 24.1 Å². The van der Waals surface area contributed by atoms with Crippen LogP contribution in [0.2, 0.25) is 0 Å². The SMILES string of the molecule is CCCCCCCCCCN[C@@H]1CCCC[C@H]1NCCCCCCCCCC.